The predicted molar refractivity (Wildman–Crippen MR) is 183 cm³/mol. The fraction of sp³-hybridized carbons (Fsp3) is 0.861. The Hall–Kier alpha value is -1.53. The average molecular weight is 718 g/mol. The molecule has 14 heteroatoms. The van der Waals surface area contributed by atoms with Gasteiger partial charge in [-0.05, 0) is 66.5 Å². The molecule has 3 rings (SSSR count). The lowest BCUT2D eigenvalue weighted by Gasteiger charge is -2.50. The summed E-state index contributed by atoms with van der Waals surface area (Å²) in [5.41, 5.74) is -1.44. The van der Waals surface area contributed by atoms with Crippen LogP contribution in [-0.2, 0) is 38.0 Å². The minimum atomic E-state index is -1.44. The Bertz CT molecular complexity index is 1090. The number of aliphatic hydroxyl groups is 5. The van der Waals surface area contributed by atoms with E-state index < -0.39 is 97.1 Å². The lowest BCUT2D eigenvalue weighted by Crippen LogP contribution is -2.65. The molecule has 16 atom stereocenters. The summed E-state index contributed by atoms with van der Waals surface area (Å²) in [6.45, 7) is 8.47. The summed E-state index contributed by atoms with van der Waals surface area (Å²) in [6, 6.07) is -0.670. The van der Waals surface area contributed by atoms with Crippen LogP contribution in [0.3, 0.4) is 0 Å². The van der Waals surface area contributed by atoms with E-state index in [4.69, 9.17) is 33.2 Å². The fourth-order valence-electron chi connectivity index (χ4n) is 7.33. The summed E-state index contributed by atoms with van der Waals surface area (Å²) in [4.78, 5) is 14.9. The van der Waals surface area contributed by atoms with Gasteiger partial charge in [0.2, 0.25) is 0 Å². The highest BCUT2D eigenvalue weighted by molar-refractivity contribution is 5.70. The second kappa shape index (κ2) is 19.5. The Kier molecular flexibility index (Phi) is 16.7. The van der Waals surface area contributed by atoms with Crippen LogP contribution in [0.5, 0.6) is 0 Å². The number of aliphatic hydroxyl groups excluding tert-OH is 4. The van der Waals surface area contributed by atoms with Crippen LogP contribution >= 0.6 is 0 Å². The zero-order chi connectivity index (χ0) is 37.3. The summed E-state index contributed by atoms with van der Waals surface area (Å²) in [7, 11) is 6.53. The van der Waals surface area contributed by atoms with Gasteiger partial charge in [-0.1, -0.05) is 31.2 Å². The molecular formula is C36H63NO13. The van der Waals surface area contributed by atoms with E-state index in [1.807, 2.05) is 13.0 Å². The third-order valence-corrected chi connectivity index (χ3v) is 10.2. The molecule has 2 saturated heterocycles. The smallest absolute Gasteiger partial charge is 0.308 e. The SMILES string of the molecule is COC1CC(=O)O[C@@H](C)C/C=C/C=C/C(O)[C@@H](C)CC(CCO)[C@H](O[C@@H]2O[C@H](C)C(OC3C[C@@](C)(O)C(O)[C@@H](C)O3)[C@H](N(C)C)C2O)C1OC. The van der Waals surface area contributed by atoms with Crippen molar-refractivity contribution in [2.45, 2.75) is 152 Å². The lowest BCUT2D eigenvalue weighted by molar-refractivity contribution is -0.344. The number of ether oxygens (including phenoxy) is 7. The van der Waals surface area contributed by atoms with Crippen molar-refractivity contribution in [1.82, 2.24) is 4.90 Å². The summed E-state index contributed by atoms with van der Waals surface area (Å²) < 4.78 is 42.7. The molecular weight excluding hydrogens is 654 g/mol. The minimum absolute atomic E-state index is 0.00740. The van der Waals surface area contributed by atoms with Gasteiger partial charge in [-0.25, -0.2) is 0 Å². The Morgan fingerprint density at radius 3 is 2.26 bits per heavy atom. The highest BCUT2D eigenvalue weighted by Gasteiger charge is 2.51. The van der Waals surface area contributed by atoms with Gasteiger partial charge >= 0.3 is 5.97 Å². The van der Waals surface area contributed by atoms with Crippen LogP contribution in [0.25, 0.3) is 0 Å². The Labute approximate surface area is 297 Å². The number of likely N-dealkylation sites (N-methyl/N-ethyl adjacent to an activating group) is 1. The summed E-state index contributed by atoms with van der Waals surface area (Å²) >= 11 is 0. The molecule has 2 fully saturated rings. The van der Waals surface area contributed by atoms with Gasteiger partial charge in [-0.15, -0.1) is 0 Å². The molecule has 290 valence electrons. The second-order valence-electron chi connectivity index (χ2n) is 14.6. The number of esters is 1. The van der Waals surface area contributed by atoms with E-state index in [1.54, 1.807) is 58.0 Å². The first kappa shape index (κ1) is 42.9. The lowest BCUT2D eigenvalue weighted by atomic mass is 9.82. The molecule has 50 heavy (non-hydrogen) atoms. The summed E-state index contributed by atoms with van der Waals surface area (Å²) in [5, 5.41) is 54.3. The Balaban J connectivity index is 1.97. The number of rotatable bonds is 9. The number of cyclic esters (lactones) is 1. The number of nitrogens with zero attached hydrogens (tertiary/aromatic N) is 1. The zero-order valence-corrected chi connectivity index (χ0v) is 31.2. The number of allylic oxidation sites excluding steroid dienone is 2. The highest BCUT2D eigenvalue weighted by Crippen LogP contribution is 2.37. The molecule has 0 radical (unpaired) electrons. The van der Waals surface area contributed by atoms with E-state index in [9.17, 15) is 30.3 Å². The number of carbonyl (C=O) groups excluding carboxylic acids is 1. The van der Waals surface area contributed by atoms with Gasteiger partial charge in [0.25, 0.3) is 0 Å². The minimum Gasteiger partial charge on any atom is -0.462 e. The maximum atomic E-state index is 13.1. The number of hydrogen-bond donors (Lipinski definition) is 5. The van der Waals surface area contributed by atoms with Gasteiger partial charge in [0, 0.05) is 33.7 Å². The van der Waals surface area contributed by atoms with Gasteiger partial charge in [0.05, 0.1) is 48.6 Å². The fourth-order valence-corrected chi connectivity index (χ4v) is 7.33. The van der Waals surface area contributed by atoms with Crippen molar-refractivity contribution >= 4 is 5.97 Å². The third-order valence-electron chi connectivity index (χ3n) is 10.2. The van der Waals surface area contributed by atoms with E-state index in [0.29, 0.717) is 12.8 Å². The molecule has 3 aliphatic heterocycles. The molecule has 3 aliphatic rings. The molecule has 3 heterocycles. The van der Waals surface area contributed by atoms with Crippen molar-refractivity contribution < 1.29 is 63.5 Å². The molecule has 0 aliphatic carbocycles. The van der Waals surface area contributed by atoms with Crippen LogP contribution in [0.2, 0.25) is 0 Å². The van der Waals surface area contributed by atoms with Crippen molar-refractivity contribution in [2.75, 3.05) is 34.9 Å². The zero-order valence-electron chi connectivity index (χ0n) is 31.2. The third kappa shape index (κ3) is 11.2. The topological polar surface area (TPSA) is 186 Å². The number of hydrogen-bond acceptors (Lipinski definition) is 14. The van der Waals surface area contributed by atoms with Crippen LogP contribution in [-0.4, -0.2) is 157 Å². The standard InChI is InChI=1S/C36H63NO13/c1-20-17-24(15-16-38)32(33(45-9)26(44-8)18-27(40)46-21(2)13-11-10-12-14-25(20)39)50-35-30(41)29(37(6)7)31(22(3)48-35)49-28-19-36(5,43)34(42)23(4)47-28/h10-12,14,20-26,28-35,38-39,41-43H,13,15-19H2,1-9H3/b11-10+,14-12+/t20-,21-,22+,23+,24?,25?,26?,28?,29+,30?,31?,32-,33?,34?,35-,36+/m0/s1. The first-order valence-corrected chi connectivity index (χ1v) is 17.8. The van der Waals surface area contributed by atoms with Crippen molar-refractivity contribution in [2.24, 2.45) is 11.8 Å². The van der Waals surface area contributed by atoms with Gasteiger partial charge in [-0.2, -0.15) is 0 Å². The van der Waals surface area contributed by atoms with E-state index >= 15 is 0 Å². The summed E-state index contributed by atoms with van der Waals surface area (Å²) in [6.07, 6.45) is -2.22. The predicted octanol–water partition coefficient (Wildman–Crippen LogP) is 1.29. The molecule has 0 saturated carbocycles. The molecule has 0 aromatic heterocycles. The Morgan fingerprint density at radius 1 is 0.960 bits per heavy atom. The normalized spacial score (nSPS) is 45.6. The van der Waals surface area contributed by atoms with Gasteiger partial charge < -0.3 is 63.6 Å². The molecule has 0 amide bonds. The van der Waals surface area contributed by atoms with E-state index in [1.165, 1.54) is 21.1 Å². The summed E-state index contributed by atoms with van der Waals surface area (Å²) in [5.74, 6) is -1.19. The molecule has 8 unspecified atom stereocenters. The molecule has 0 aromatic rings. The molecule has 0 spiro atoms. The Morgan fingerprint density at radius 2 is 1.66 bits per heavy atom. The largest absolute Gasteiger partial charge is 0.462 e. The monoisotopic (exact) mass is 717 g/mol. The molecule has 14 nitrogen and oxygen atoms in total. The van der Waals surface area contributed by atoms with E-state index in [-0.39, 0.29) is 31.8 Å². The highest BCUT2D eigenvalue weighted by atomic mass is 16.7. The molecule has 5 N–H and O–H groups in total. The maximum Gasteiger partial charge on any atom is 0.308 e. The van der Waals surface area contributed by atoms with Crippen LogP contribution in [0, 0.1) is 11.8 Å². The van der Waals surface area contributed by atoms with Crippen molar-refractivity contribution in [3.05, 3.63) is 24.3 Å². The van der Waals surface area contributed by atoms with Crippen LogP contribution < -0.4 is 0 Å². The van der Waals surface area contributed by atoms with E-state index in [0.717, 1.165) is 0 Å². The van der Waals surface area contributed by atoms with Crippen molar-refractivity contribution in [3.8, 4) is 0 Å². The number of carbonyl (C=O) groups is 1. The van der Waals surface area contributed by atoms with Crippen molar-refractivity contribution in [3.63, 3.8) is 0 Å². The molecule has 0 bridgehead atoms. The first-order valence-electron chi connectivity index (χ1n) is 17.8. The molecule has 0 aromatic carbocycles. The van der Waals surface area contributed by atoms with Crippen LogP contribution in [0.15, 0.2) is 24.3 Å². The van der Waals surface area contributed by atoms with Gasteiger partial charge in [-0.3, -0.25) is 4.79 Å². The maximum absolute atomic E-state index is 13.1. The van der Waals surface area contributed by atoms with E-state index in [2.05, 4.69) is 0 Å². The quantitative estimate of drug-likeness (QED) is 0.215. The number of methoxy groups -OCH3 is 2. The van der Waals surface area contributed by atoms with Crippen LogP contribution in [0.4, 0.5) is 0 Å². The first-order chi connectivity index (χ1) is 23.5. The van der Waals surface area contributed by atoms with Gasteiger partial charge in [0.15, 0.2) is 12.6 Å². The second-order valence-corrected chi connectivity index (χ2v) is 14.6. The van der Waals surface area contributed by atoms with Crippen molar-refractivity contribution in [1.29, 1.82) is 0 Å². The average Bonchev–Trinajstić information content (AvgIpc) is 3.03. The van der Waals surface area contributed by atoms with Crippen LogP contribution in [0.1, 0.15) is 66.7 Å². The van der Waals surface area contributed by atoms with Gasteiger partial charge in [0.1, 0.15) is 30.5 Å².